The summed E-state index contributed by atoms with van der Waals surface area (Å²) < 4.78 is 0. The van der Waals surface area contributed by atoms with Gasteiger partial charge < -0.3 is 0 Å². The Kier molecular flexibility index (Phi) is 2.75. The molecule has 5 heteroatoms. The molecule has 2 aromatic rings. The fourth-order valence-corrected chi connectivity index (χ4v) is 1.57. The number of aromatic amines is 1. The van der Waals surface area contributed by atoms with E-state index in [4.69, 9.17) is 23.2 Å². The average molecular weight is 241 g/mol. The Balaban J connectivity index is 2.54. The minimum atomic E-state index is -0.460. The largest absolute Gasteiger partial charge is 0.346 e. The highest BCUT2D eigenvalue weighted by Crippen LogP contribution is 2.25. The predicted octanol–water partition coefficient (Wildman–Crippen LogP) is 2.74. The Labute approximate surface area is 95.7 Å². The van der Waals surface area contributed by atoms with Crippen LogP contribution in [0.1, 0.15) is 0 Å². The third kappa shape index (κ3) is 2.19. The van der Waals surface area contributed by atoms with Gasteiger partial charge in [0.1, 0.15) is 5.15 Å². The monoisotopic (exact) mass is 240 g/mol. The molecule has 2 rings (SSSR count). The topological polar surface area (TPSA) is 45.8 Å². The highest BCUT2D eigenvalue weighted by Gasteiger charge is 2.04. The van der Waals surface area contributed by atoms with Gasteiger partial charge in [0.2, 0.25) is 0 Å². The highest BCUT2D eigenvalue weighted by atomic mass is 35.5. The summed E-state index contributed by atoms with van der Waals surface area (Å²) in [5.41, 5.74) is 1.07. The maximum absolute atomic E-state index is 10.9. The molecule has 0 radical (unpaired) electrons. The summed E-state index contributed by atoms with van der Waals surface area (Å²) in [6.07, 6.45) is 1.43. The molecule has 0 bridgehead atoms. The van der Waals surface area contributed by atoms with Gasteiger partial charge in [0.05, 0.1) is 0 Å². The molecule has 0 unspecified atom stereocenters. The Morgan fingerprint density at radius 1 is 1.13 bits per heavy atom. The highest BCUT2D eigenvalue weighted by molar-refractivity contribution is 6.32. The quantitative estimate of drug-likeness (QED) is 0.780. The molecule has 0 aliphatic heterocycles. The normalized spacial score (nSPS) is 10.3. The first kappa shape index (κ1) is 10.2. The zero-order chi connectivity index (χ0) is 10.8. The van der Waals surface area contributed by atoms with Crippen molar-refractivity contribution in [3.63, 3.8) is 0 Å². The van der Waals surface area contributed by atoms with Crippen LogP contribution < -0.4 is 5.69 Å². The number of hydrogen-bond donors (Lipinski definition) is 1. The second-order valence-corrected chi connectivity index (χ2v) is 3.74. The van der Waals surface area contributed by atoms with Crippen molar-refractivity contribution in [2.75, 3.05) is 0 Å². The van der Waals surface area contributed by atoms with Crippen molar-refractivity contribution in [3.8, 4) is 11.1 Å². The minimum absolute atomic E-state index is 0.275. The Morgan fingerprint density at radius 3 is 2.40 bits per heavy atom. The summed E-state index contributed by atoms with van der Waals surface area (Å²) >= 11 is 11.6. The van der Waals surface area contributed by atoms with E-state index in [1.807, 2.05) is 12.1 Å². The van der Waals surface area contributed by atoms with Gasteiger partial charge >= 0.3 is 5.69 Å². The first-order valence-corrected chi connectivity index (χ1v) is 4.93. The van der Waals surface area contributed by atoms with Crippen molar-refractivity contribution in [2.24, 2.45) is 0 Å². The van der Waals surface area contributed by atoms with Crippen molar-refractivity contribution in [1.29, 1.82) is 0 Å². The van der Waals surface area contributed by atoms with Gasteiger partial charge in [-0.2, -0.15) is 0 Å². The molecule has 0 fully saturated rings. The van der Waals surface area contributed by atoms with E-state index in [1.54, 1.807) is 12.1 Å². The molecule has 0 saturated heterocycles. The van der Waals surface area contributed by atoms with Crippen LogP contribution in [-0.2, 0) is 0 Å². The van der Waals surface area contributed by atoms with E-state index in [0.717, 1.165) is 5.56 Å². The van der Waals surface area contributed by atoms with E-state index in [1.165, 1.54) is 6.20 Å². The molecule has 0 aliphatic carbocycles. The number of H-pyrrole nitrogens is 1. The zero-order valence-electron chi connectivity index (χ0n) is 7.50. The lowest BCUT2D eigenvalue weighted by molar-refractivity contribution is 1.08. The van der Waals surface area contributed by atoms with Crippen molar-refractivity contribution in [3.05, 3.63) is 51.1 Å². The maximum Gasteiger partial charge on any atom is 0.346 e. The molecule has 0 amide bonds. The van der Waals surface area contributed by atoms with E-state index in [9.17, 15) is 4.79 Å². The standard InChI is InChI=1S/C10H6Cl2N2O/c11-7-3-1-6(2-4-7)8-5-13-10(15)14-9(8)12/h1-5H,(H,13,14,15). The fourth-order valence-electron chi connectivity index (χ4n) is 1.20. The molecule has 1 aromatic carbocycles. The first-order chi connectivity index (χ1) is 7.16. The van der Waals surface area contributed by atoms with Gasteiger partial charge in [0.15, 0.2) is 0 Å². The number of benzene rings is 1. The molecule has 76 valence electrons. The van der Waals surface area contributed by atoms with Crippen molar-refractivity contribution in [2.45, 2.75) is 0 Å². The maximum atomic E-state index is 10.9. The number of nitrogens with zero attached hydrogens (tertiary/aromatic N) is 1. The van der Waals surface area contributed by atoms with Gasteiger partial charge in [-0.15, -0.1) is 0 Å². The minimum Gasteiger partial charge on any atom is -0.296 e. The first-order valence-electron chi connectivity index (χ1n) is 4.17. The smallest absolute Gasteiger partial charge is 0.296 e. The van der Waals surface area contributed by atoms with Crippen molar-refractivity contribution in [1.82, 2.24) is 9.97 Å². The van der Waals surface area contributed by atoms with Crippen LogP contribution in [0.15, 0.2) is 35.3 Å². The molecule has 15 heavy (non-hydrogen) atoms. The summed E-state index contributed by atoms with van der Waals surface area (Å²) in [4.78, 5) is 16.9. The summed E-state index contributed by atoms with van der Waals surface area (Å²) in [5, 5.41) is 0.921. The number of hydrogen-bond acceptors (Lipinski definition) is 2. The van der Waals surface area contributed by atoms with Gasteiger partial charge in [-0.25, -0.2) is 9.78 Å². The van der Waals surface area contributed by atoms with E-state index in [0.29, 0.717) is 10.6 Å². The molecular weight excluding hydrogens is 235 g/mol. The summed E-state index contributed by atoms with van der Waals surface area (Å²) in [6.45, 7) is 0. The Bertz CT molecular complexity index is 534. The lowest BCUT2D eigenvalue weighted by Crippen LogP contribution is -2.09. The van der Waals surface area contributed by atoms with E-state index < -0.39 is 5.69 Å². The summed E-state index contributed by atoms with van der Waals surface area (Å²) in [6, 6.07) is 7.11. The van der Waals surface area contributed by atoms with Crippen LogP contribution in [0.2, 0.25) is 10.2 Å². The molecule has 1 aromatic heterocycles. The van der Waals surface area contributed by atoms with Gasteiger partial charge in [0, 0.05) is 16.8 Å². The van der Waals surface area contributed by atoms with Gasteiger partial charge in [-0.3, -0.25) is 4.98 Å². The van der Waals surface area contributed by atoms with E-state index >= 15 is 0 Å². The second kappa shape index (κ2) is 4.04. The third-order valence-corrected chi connectivity index (χ3v) is 2.47. The number of aromatic nitrogens is 2. The van der Waals surface area contributed by atoms with Crippen LogP contribution in [0.3, 0.4) is 0 Å². The lowest BCUT2D eigenvalue weighted by atomic mass is 10.1. The molecule has 0 aliphatic rings. The molecule has 0 spiro atoms. The van der Waals surface area contributed by atoms with Crippen molar-refractivity contribution >= 4 is 23.2 Å². The van der Waals surface area contributed by atoms with Gasteiger partial charge in [-0.05, 0) is 17.7 Å². The van der Waals surface area contributed by atoms with E-state index in [-0.39, 0.29) is 5.15 Å². The van der Waals surface area contributed by atoms with Crippen LogP contribution in [0.4, 0.5) is 0 Å². The summed E-state index contributed by atoms with van der Waals surface area (Å²) in [7, 11) is 0. The van der Waals surface area contributed by atoms with Crippen LogP contribution in [0, 0.1) is 0 Å². The lowest BCUT2D eigenvalue weighted by Gasteiger charge is -2.02. The number of rotatable bonds is 1. The molecule has 1 heterocycles. The third-order valence-electron chi connectivity index (χ3n) is 1.92. The van der Waals surface area contributed by atoms with Crippen LogP contribution >= 0.6 is 23.2 Å². The second-order valence-electron chi connectivity index (χ2n) is 2.92. The fraction of sp³-hybridized carbons (Fsp3) is 0. The van der Waals surface area contributed by atoms with Crippen molar-refractivity contribution < 1.29 is 0 Å². The Morgan fingerprint density at radius 2 is 1.80 bits per heavy atom. The molecule has 3 nitrogen and oxygen atoms in total. The van der Waals surface area contributed by atoms with Crippen LogP contribution in [0.5, 0.6) is 0 Å². The zero-order valence-corrected chi connectivity index (χ0v) is 9.01. The van der Waals surface area contributed by atoms with E-state index in [2.05, 4.69) is 9.97 Å². The molecule has 0 atom stereocenters. The molecule has 1 N–H and O–H groups in total. The van der Waals surface area contributed by atoms with Gasteiger partial charge in [-0.1, -0.05) is 35.3 Å². The SMILES string of the molecule is O=c1ncc(-c2ccc(Cl)cc2)c(Cl)[nH]1. The van der Waals surface area contributed by atoms with Crippen LogP contribution in [0.25, 0.3) is 11.1 Å². The van der Waals surface area contributed by atoms with Gasteiger partial charge in [0.25, 0.3) is 0 Å². The molecule has 0 saturated carbocycles. The van der Waals surface area contributed by atoms with Crippen LogP contribution in [-0.4, -0.2) is 9.97 Å². The number of nitrogens with one attached hydrogen (secondary N) is 1. The predicted molar refractivity (Wildman–Crippen MR) is 60.3 cm³/mol. The number of halogens is 2. The Hall–Kier alpha value is -1.32. The molecular formula is C10H6Cl2N2O. The summed E-state index contributed by atoms with van der Waals surface area (Å²) in [5.74, 6) is 0. The average Bonchev–Trinajstić information content (AvgIpc) is 2.20.